The predicted octanol–water partition coefficient (Wildman–Crippen LogP) is 4.78. The van der Waals surface area contributed by atoms with Crippen molar-refractivity contribution in [3.05, 3.63) is 33.7 Å². The van der Waals surface area contributed by atoms with E-state index >= 15 is 0 Å². The maximum absolute atomic E-state index is 5.97. The Labute approximate surface area is 149 Å². The minimum Gasteiger partial charge on any atom is -0.491 e. The topological polar surface area (TPSA) is 38.3 Å². The van der Waals surface area contributed by atoms with Gasteiger partial charge in [-0.15, -0.1) is 0 Å². The first-order chi connectivity index (χ1) is 10.6. The minimum absolute atomic E-state index is 0.671. The highest BCUT2D eigenvalue weighted by Crippen LogP contribution is 2.35. The second-order valence-corrected chi connectivity index (χ2v) is 7.23. The smallest absolute Gasteiger partial charge is 0.161 e. The molecular formula is C17H23Br2N2O+. The van der Waals surface area contributed by atoms with Gasteiger partial charge in [-0.05, 0) is 62.9 Å². The molecule has 1 aliphatic heterocycles. The van der Waals surface area contributed by atoms with Crippen LogP contribution in [-0.4, -0.2) is 30.0 Å². The molecule has 0 aliphatic carbocycles. The molecule has 0 fully saturated rings. The molecule has 0 bridgehead atoms. The fourth-order valence-corrected chi connectivity index (χ4v) is 4.22. The molecule has 0 radical (unpaired) electrons. The Balaban J connectivity index is 2.01. The van der Waals surface area contributed by atoms with E-state index in [4.69, 9.17) is 10.5 Å². The summed E-state index contributed by atoms with van der Waals surface area (Å²) in [7, 11) is 0. The van der Waals surface area contributed by atoms with E-state index in [1.165, 1.54) is 31.4 Å². The quantitative estimate of drug-likeness (QED) is 0.400. The summed E-state index contributed by atoms with van der Waals surface area (Å²) in [6.07, 6.45) is 7.97. The molecule has 0 atom stereocenters. The van der Waals surface area contributed by atoms with E-state index in [9.17, 15) is 0 Å². The number of nitrogens with two attached hydrogens (primary N) is 1. The molecule has 3 nitrogen and oxygen atoms in total. The lowest BCUT2D eigenvalue weighted by Crippen LogP contribution is -2.23. The second-order valence-electron chi connectivity index (χ2n) is 5.52. The molecule has 0 saturated carbocycles. The summed E-state index contributed by atoms with van der Waals surface area (Å²) in [5, 5.41) is 0. The van der Waals surface area contributed by atoms with Gasteiger partial charge in [-0.1, -0.05) is 6.58 Å². The van der Waals surface area contributed by atoms with Crippen LogP contribution >= 0.6 is 31.9 Å². The third-order valence-electron chi connectivity index (χ3n) is 3.85. The van der Waals surface area contributed by atoms with Gasteiger partial charge in [0.15, 0.2) is 12.3 Å². The molecule has 0 saturated heterocycles. The normalized spacial score (nSPS) is 15.5. The zero-order valence-corrected chi connectivity index (χ0v) is 16.0. The van der Waals surface area contributed by atoms with E-state index in [1.54, 1.807) is 0 Å². The Morgan fingerprint density at radius 3 is 2.64 bits per heavy atom. The van der Waals surface area contributed by atoms with Gasteiger partial charge in [-0.2, -0.15) is 0 Å². The lowest BCUT2D eigenvalue weighted by atomic mass is 10.1. The number of nitrogen functional groups attached to an aromatic ring is 1. The van der Waals surface area contributed by atoms with Crippen molar-refractivity contribution in [2.75, 3.05) is 25.4 Å². The molecule has 2 rings (SSSR count). The van der Waals surface area contributed by atoms with Gasteiger partial charge in [-0.25, -0.2) is 4.58 Å². The molecule has 5 heteroatoms. The molecule has 1 aliphatic rings. The summed E-state index contributed by atoms with van der Waals surface area (Å²) in [6.45, 7) is 6.61. The molecule has 2 N–H and O–H groups in total. The van der Waals surface area contributed by atoms with Crippen molar-refractivity contribution in [3.8, 4) is 5.75 Å². The predicted molar refractivity (Wildman–Crippen MR) is 100 cm³/mol. The number of benzene rings is 1. The molecule has 1 aromatic rings. The molecule has 0 aromatic heterocycles. The third kappa shape index (κ3) is 4.85. The van der Waals surface area contributed by atoms with Crippen LogP contribution < -0.4 is 10.5 Å². The summed E-state index contributed by atoms with van der Waals surface area (Å²) in [4.78, 5) is 0. The summed E-state index contributed by atoms with van der Waals surface area (Å²) < 4.78 is 10.2. The molecule has 1 aromatic carbocycles. The molecule has 0 amide bonds. The standard InChI is InChI=1S/C17H23Br2N2O/c1-2-8-21-9-5-3-4-6-14(21)7-10-22-17-15(18)11-13(20)12-16(17)19/h2,11-12H,1,3-10,20H2/q+1. The van der Waals surface area contributed by atoms with Crippen LogP contribution in [0.3, 0.4) is 0 Å². The van der Waals surface area contributed by atoms with E-state index in [2.05, 4.69) is 43.0 Å². The highest BCUT2D eigenvalue weighted by atomic mass is 79.9. The highest BCUT2D eigenvalue weighted by molar-refractivity contribution is 9.11. The number of hydrogen-bond donors (Lipinski definition) is 1. The summed E-state index contributed by atoms with van der Waals surface area (Å²) in [5.74, 6) is 0.818. The van der Waals surface area contributed by atoms with Gasteiger partial charge >= 0.3 is 0 Å². The van der Waals surface area contributed by atoms with Crippen LogP contribution in [0.15, 0.2) is 33.7 Å². The summed E-state index contributed by atoms with van der Waals surface area (Å²) in [6, 6.07) is 3.73. The van der Waals surface area contributed by atoms with Crippen molar-refractivity contribution >= 4 is 43.3 Å². The van der Waals surface area contributed by atoms with Gasteiger partial charge in [0.05, 0.1) is 22.0 Å². The van der Waals surface area contributed by atoms with Crippen molar-refractivity contribution in [3.63, 3.8) is 0 Å². The van der Waals surface area contributed by atoms with E-state index < -0.39 is 0 Å². The Hall–Kier alpha value is -0.810. The van der Waals surface area contributed by atoms with Gasteiger partial charge in [0, 0.05) is 18.5 Å². The summed E-state index contributed by atoms with van der Waals surface area (Å²) >= 11 is 7.02. The van der Waals surface area contributed by atoms with Gasteiger partial charge < -0.3 is 10.5 Å². The van der Waals surface area contributed by atoms with Crippen LogP contribution in [-0.2, 0) is 0 Å². The highest BCUT2D eigenvalue weighted by Gasteiger charge is 2.17. The van der Waals surface area contributed by atoms with Gasteiger partial charge in [0.25, 0.3) is 0 Å². The van der Waals surface area contributed by atoms with Crippen LogP contribution in [0.5, 0.6) is 5.75 Å². The number of ether oxygens (including phenoxy) is 1. The van der Waals surface area contributed by atoms with E-state index in [0.717, 1.165) is 34.2 Å². The Morgan fingerprint density at radius 1 is 1.23 bits per heavy atom. The third-order valence-corrected chi connectivity index (χ3v) is 5.03. The van der Waals surface area contributed by atoms with Gasteiger partial charge in [0.2, 0.25) is 0 Å². The van der Waals surface area contributed by atoms with E-state index in [0.29, 0.717) is 12.3 Å². The first kappa shape index (κ1) is 17.5. The van der Waals surface area contributed by atoms with Crippen molar-refractivity contribution in [2.24, 2.45) is 0 Å². The fraction of sp³-hybridized carbons (Fsp3) is 0.471. The lowest BCUT2D eigenvalue weighted by molar-refractivity contribution is -0.519. The zero-order chi connectivity index (χ0) is 15.9. The van der Waals surface area contributed by atoms with Crippen molar-refractivity contribution in [1.29, 1.82) is 0 Å². The molecule has 120 valence electrons. The number of rotatable bonds is 6. The summed E-state index contributed by atoms with van der Waals surface area (Å²) in [5.41, 5.74) is 8.00. The Bertz CT molecular complexity index is 547. The first-order valence-electron chi connectivity index (χ1n) is 7.69. The zero-order valence-electron chi connectivity index (χ0n) is 12.8. The lowest BCUT2D eigenvalue weighted by Gasteiger charge is -2.12. The monoisotopic (exact) mass is 429 g/mol. The molecular weight excluding hydrogens is 408 g/mol. The number of halogens is 2. The van der Waals surface area contributed by atoms with Gasteiger partial charge in [0.1, 0.15) is 12.3 Å². The molecule has 0 unspecified atom stereocenters. The number of hydrogen-bond acceptors (Lipinski definition) is 2. The van der Waals surface area contributed by atoms with E-state index in [1.807, 2.05) is 18.2 Å². The van der Waals surface area contributed by atoms with Crippen molar-refractivity contribution in [2.45, 2.75) is 32.1 Å². The van der Waals surface area contributed by atoms with Crippen molar-refractivity contribution in [1.82, 2.24) is 0 Å². The Kier molecular flexibility index (Phi) is 6.96. The van der Waals surface area contributed by atoms with Gasteiger partial charge in [-0.3, -0.25) is 0 Å². The van der Waals surface area contributed by atoms with Crippen LogP contribution in [0.2, 0.25) is 0 Å². The average Bonchev–Trinajstić information content (AvgIpc) is 2.68. The maximum Gasteiger partial charge on any atom is 0.161 e. The van der Waals surface area contributed by atoms with Crippen LogP contribution in [0.4, 0.5) is 5.69 Å². The molecule has 1 heterocycles. The number of anilines is 1. The Morgan fingerprint density at radius 2 is 1.95 bits per heavy atom. The average molecular weight is 431 g/mol. The maximum atomic E-state index is 5.97. The van der Waals surface area contributed by atoms with Crippen LogP contribution in [0.1, 0.15) is 32.1 Å². The van der Waals surface area contributed by atoms with Crippen LogP contribution in [0, 0.1) is 0 Å². The first-order valence-corrected chi connectivity index (χ1v) is 9.28. The second kappa shape index (κ2) is 8.73. The van der Waals surface area contributed by atoms with E-state index in [-0.39, 0.29) is 0 Å². The largest absolute Gasteiger partial charge is 0.491 e. The fourth-order valence-electron chi connectivity index (χ4n) is 2.77. The van der Waals surface area contributed by atoms with Crippen molar-refractivity contribution < 1.29 is 9.31 Å². The van der Waals surface area contributed by atoms with Crippen LogP contribution in [0.25, 0.3) is 0 Å². The molecule has 0 spiro atoms. The SMILES string of the molecule is C=CC[N+]1=C(CCOc2c(Br)cc(N)cc2Br)CCCCC1. The minimum atomic E-state index is 0.671. The molecule has 22 heavy (non-hydrogen) atoms. The number of nitrogens with zero attached hydrogens (tertiary/aromatic N) is 1.